The lowest BCUT2D eigenvalue weighted by Gasteiger charge is -2.08. The first-order valence-corrected chi connectivity index (χ1v) is 7.88. The van der Waals surface area contributed by atoms with E-state index in [4.69, 9.17) is 0 Å². The number of aryl methyl sites for hydroxylation is 2. The average molecular weight is 349 g/mol. The summed E-state index contributed by atoms with van der Waals surface area (Å²) in [6, 6.07) is 2.70. The fourth-order valence-electron chi connectivity index (χ4n) is 2.36. The maximum Gasteiger partial charge on any atom is 0.262 e. The van der Waals surface area contributed by atoms with Crippen LogP contribution in [0.25, 0.3) is 10.2 Å². The Balaban J connectivity index is 1.87. The number of thiophene rings is 1. The van der Waals surface area contributed by atoms with Crippen LogP contribution < -0.4 is 10.9 Å². The number of carbonyl (C=O) groups excluding carboxylic acids is 1. The smallest absolute Gasteiger partial charge is 0.262 e. The van der Waals surface area contributed by atoms with Gasteiger partial charge in [0.15, 0.2) is 0 Å². The highest BCUT2D eigenvalue weighted by Gasteiger charge is 2.14. The highest BCUT2D eigenvalue weighted by atomic mass is 32.1. The molecule has 1 amide bonds. The van der Waals surface area contributed by atoms with Crippen molar-refractivity contribution in [1.82, 2.24) is 9.55 Å². The summed E-state index contributed by atoms with van der Waals surface area (Å²) in [5, 5.41) is 2.85. The zero-order chi connectivity index (χ0) is 17.4. The van der Waals surface area contributed by atoms with Crippen LogP contribution >= 0.6 is 11.3 Å². The van der Waals surface area contributed by atoms with Gasteiger partial charge in [-0.2, -0.15) is 0 Å². The number of amides is 1. The number of aromatic nitrogens is 2. The van der Waals surface area contributed by atoms with Crippen LogP contribution in [0.2, 0.25) is 0 Å². The van der Waals surface area contributed by atoms with Gasteiger partial charge in [-0.15, -0.1) is 11.3 Å². The molecule has 124 valence electrons. The van der Waals surface area contributed by atoms with Gasteiger partial charge in [0.2, 0.25) is 5.91 Å². The van der Waals surface area contributed by atoms with Gasteiger partial charge in [0.1, 0.15) is 23.0 Å². The molecule has 2 heterocycles. The molecule has 0 bridgehead atoms. The minimum atomic E-state index is -0.796. The molecule has 0 aliphatic carbocycles. The Kier molecular flexibility index (Phi) is 4.15. The molecule has 8 heteroatoms. The van der Waals surface area contributed by atoms with E-state index in [9.17, 15) is 18.4 Å². The quantitative estimate of drug-likeness (QED) is 0.791. The molecule has 0 aliphatic rings. The maximum atomic E-state index is 13.1. The second-order valence-electron chi connectivity index (χ2n) is 5.35. The fourth-order valence-corrected chi connectivity index (χ4v) is 3.35. The molecule has 3 rings (SSSR count). The van der Waals surface area contributed by atoms with Crippen LogP contribution in [-0.2, 0) is 11.3 Å². The Bertz CT molecular complexity index is 990. The van der Waals surface area contributed by atoms with E-state index in [1.807, 2.05) is 13.8 Å². The van der Waals surface area contributed by atoms with Crippen molar-refractivity contribution < 1.29 is 13.6 Å². The van der Waals surface area contributed by atoms with E-state index < -0.39 is 17.5 Å². The summed E-state index contributed by atoms with van der Waals surface area (Å²) in [5.41, 5.74) is 0.513. The molecule has 2 aromatic heterocycles. The van der Waals surface area contributed by atoms with E-state index in [1.54, 1.807) is 0 Å². The number of carbonyl (C=O) groups is 1. The Morgan fingerprint density at radius 1 is 1.25 bits per heavy atom. The van der Waals surface area contributed by atoms with E-state index in [1.165, 1.54) is 22.2 Å². The Morgan fingerprint density at radius 3 is 2.58 bits per heavy atom. The highest BCUT2D eigenvalue weighted by molar-refractivity contribution is 7.18. The summed E-state index contributed by atoms with van der Waals surface area (Å²) in [6.07, 6.45) is 1.30. The summed E-state index contributed by atoms with van der Waals surface area (Å²) < 4.78 is 27.4. The molecule has 0 unspecified atom stereocenters. The number of nitrogens with zero attached hydrogens (tertiary/aromatic N) is 2. The van der Waals surface area contributed by atoms with E-state index >= 15 is 0 Å². The van der Waals surface area contributed by atoms with Gasteiger partial charge in [-0.1, -0.05) is 0 Å². The molecule has 0 atom stereocenters. The average Bonchev–Trinajstić information content (AvgIpc) is 2.76. The minimum absolute atomic E-state index is 0.0119. The maximum absolute atomic E-state index is 13.1. The van der Waals surface area contributed by atoms with Crippen molar-refractivity contribution in [3.63, 3.8) is 0 Å². The van der Waals surface area contributed by atoms with Crippen molar-refractivity contribution in [2.24, 2.45) is 0 Å². The second kappa shape index (κ2) is 6.12. The number of rotatable bonds is 3. The van der Waals surface area contributed by atoms with Crippen molar-refractivity contribution in [2.45, 2.75) is 20.4 Å². The van der Waals surface area contributed by atoms with Crippen LogP contribution in [0.4, 0.5) is 14.5 Å². The van der Waals surface area contributed by atoms with Crippen molar-refractivity contribution in [1.29, 1.82) is 0 Å². The van der Waals surface area contributed by atoms with Gasteiger partial charge >= 0.3 is 0 Å². The standard InChI is InChI=1S/C16H13F2N3O2S/c1-8-9(2)24-15-14(8)16(23)21(7-19-15)6-13(22)20-12-4-10(17)3-11(18)5-12/h3-5,7H,6H2,1-2H3,(H,20,22). The lowest BCUT2D eigenvalue weighted by atomic mass is 10.2. The van der Waals surface area contributed by atoms with E-state index in [0.29, 0.717) is 16.3 Å². The van der Waals surface area contributed by atoms with Crippen molar-refractivity contribution in [3.8, 4) is 0 Å². The van der Waals surface area contributed by atoms with Gasteiger partial charge < -0.3 is 5.32 Å². The summed E-state index contributed by atoms with van der Waals surface area (Å²) in [5.74, 6) is -2.17. The molecule has 3 aromatic rings. The van der Waals surface area contributed by atoms with Crippen molar-refractivity contribution >= 4 is 33.1 Å². The van der Waals surface area contributed by atoms with Crippen LogP contribution in [0, 0.1) is 25.5 Å². The number of benzene rings is 1. The molecular formula is C16H13F2N3O2S. The molecule has 0 saturated heterocycles. The lowest BCUT2D eigenvalue weighted by Crippen LogP contribution is -2.27. The normalized spacial score (nSPS) is 11.0. The molecule has 1 N–H and O–H groups in total. The summed E-state index contributed by atoms with van der Waals surface area (Å²) in [7, 11) is 0. The summed E-state index contributed by atoms with van der Waals surface area (Å²) in [6.45, 7) is 3.43. The third-order valence-corrected chi connectivity index (χ3v) is 4.73. The topological polar surface area (TPSA) is 64.0 Å². The molecular weight excluding hydrogens is 336 g/mol. The van der Waals surface area contributed by atoms with Crippen molar-refractivity contribution in [2.75, 3.05) is 5.32 Å². The second-order valence-corrected chi connectivity index (χ2v) is 6.55. The third kappa shape index (κ3) is 3.05. The number of fused-ring (bicyclic) bond motifs is 1. The number of hydrogen-bond donors (Lipinski definition) is 1. The minimum Gasteiger partial charge on any atom is -0.324 e. The summed E-state index contributed by atoms with van der Waals surface area (Å²) >= 11 is 1.42. The first-order chi connectivity index (χ1) is 11.3. The molecule has 1 aromatic carbocycles. The van der Waals surface area contributed by atoms with E-state index in [2.05, 4.69) is 10.3 Å². The molecule has 0 spiro atoms. The van der Waals surface area contributed by atoms with Gasteiger partial charge in [0.25, 0.3) is 5.56 Å². The molecule has 0 fully saturated rings. The van der Waals surface area contributed by atoms with E-state index in [0.717, 1.165) is 22.6 Å². The Hall–Kier alpha value is -2.61. The molecule has 0 aliphatic heterocycles. The highest BCUT2D eigenvalue weighted by Crippen LogP contribution is 2.25. The SMILES string of the molecule is Cc1sc2ncn(CC(=O)Nc3cc(F)cc(F)c3)c(=O)c2c1C. The number of halogens is 2. The van der Waals surface area contributed by atoms with Gasteiger partial charge in [0.05, 0.1) is 11.7 Å². The zero-order valence-corrected chi connectivity index (χ0v) is 13.7. The van der Waals surface area contributed by atoms with Gasteiger partial charge in [-0.05, 0) is 31.5 Å². The Labute approximate surface area is 139 Å². The van der Waals surface area contributed by atoms with Gasteiger partial charge in [-0.25, -0.2) is 13.8 Å². The predicted molar refractivity (Wildman–Crippen MR) is 88.3 cm³/mol. The zero-order valence-electron chi connectivity index (χ0n) is 12.9. The van der Waals surface area contributed by atoms with Crippen LogP contribution in [0.15, 0.2) is 29.3 Å². The van der Waals surface area contributed by atoms with Crippen LogP contribution in [-0.4, -0.2) is 15.5 Å². The van der Waals surface area contributed by atoms with Gasteiger partial charge in [0, 0.05) is 16.6 Å². The Morgan fingerprint density at radius 2 is 1.92 bits per heavy atom. The number of hydrogen-bond acceptors (Lipinski definition) is 4. The lowest BCUT2D eigenvalue weighted by molar-refractivity contribution is -0.116. The van der Waals surface area contributed by atoms with Gasteiger partial charge in [-0.3, -0.25) is 14.2 Å². The fraction of sp³-hybridized carbons (Fsp3) is 0.188. The third-order valence-electron chi connectivity index (χ3n) is 3.62. The predicted octanol–water partition coefficient (Wildman–Crippen LogP) is 2.99. The molecule has 0 radical (unpaired) electrons. The first-order valence-electron chi connectivity index (χ1n) is 7.06. The molecule has 0 saturated carbocycles. The van der Waals surface area contributed by atoms with Crippen LogP contribution in [0.3, 0.4) is 0 Å². The monoisotopic (exact) mass is 349 g/mol. The van der Waals surface area contributed by atoms with Crippen LogP contribution in [0.1, 0.15) is 10.4 Å². The molecule has 24 heavy (non-hydrogen) atoms. The summed E-state index contributed by atoms with van der Waals surface area (Å²) in [4.78, 5) is 30.3. The largest absolute Gasteiger partial charge is 0.324 e. The number of nitrogens with one attached hydrogen (secondary N) is 1. The molecule has 5 nitrogen and oxygen atoms in total. The van der Waals surface area contributed by atoms with E-state index in [-0.39, 0.29) is 17.8 Å². The van der Waals surface area contributed by atoms with Crippen molar-refractivity contribution in [3.05, 3.63) is 57.0 Å². The number of anilines is 1. The van der Waals surface area contributed by atoms with Crippen LogP contribution in [0.5, 0.6) is 0 Å². The first kappa shape index (κ1) is 16.3.